The van der Waals surface area contributed by atoms with E-state index in [1.807, 2.05) is 0 Å². The van der Waals surface area contributed by atoms with Gasteiger partial charge >= 0.3 is 5.97 Å². The van der Waals surface area contributed by atoms with Crippen molar-refractivity contribution < 1.29 is 22.7 Å². The van der Waals surface area contributed by atoms with E-state index >= 15 is 0 Å². The molecule has 0 saturated carbocycles. The first-order chi connectivity index (χ1) is 7.30. The SMILES string of the molecule is CS(=O)(=O)C(Cc1cccc(F)c1)C(=O)O. The molecule has 0 spiro atoms. The van der Waals surface area contributed by atoms with Crippen molar-refractivity contribution in [1.82, 2.24) is 0 Å². The quantitative estimate of drug-likeness (QED) is 0.855. The standard InChI is InChI=1S/C10H11FO4S/c1-16(14,15)9(10(12)13)6-7-3-2-4-8(11)5-7/h2-5,9H,6H2,1H3,(H,12,13). The third-order valence-corrected chi connectivity index (χ3v) is 3.50. The minimum Gasteiger partial charge on any atom is -0.480 e. The van der Waals surface area contributed by atoms with Gasteiger partial charge in [0.1, 0.15) is 5.82 Å². The van der Waals surface area contributed by atoms with Crippen LogP contribution in [-0.4, -0.2) is 31.0 Å². The molecule has 1 rings (SSSR count). The van der Waals surface area contributed by atoms with Crippen LogP contribution in [0, 0.1) is 5.82 Å². The second-order valence-electron chi connectivity index (χ2n) is 3.49. The molecule has 0 saturated heterocycles. The smallest absolute Gasteiger partial charge is 0.322 e. The zero-order valence-electron chi connectivity index (χ0n) is 8.55. The van der Waals surface area contributed by atoms with Gasteiger partial charge in [-0.05, 0) is 24.1 Å². The maximum Gasteiger partial charge on any atom is 0.322 e. The molecule has 88 valence electrons. The minimum atomic E-state index is -3.70. The number of rotatable bonds is 4. The summed E-state index contributed by atoms with van der Waals surface area (Å²) in [6.45, 7) is 0. The summed E-state index contributed by atoms with van der Waals surface area (Å²) in [5.41, 5.74) is 0.345. The van der Waals surface area contributed by atoms with Crippen LogP contribution in [0.15, 0.2) is 24.3 Å². The Morgan fingerprint density at radius 1 is 1.50 bits per heavy atom. The van der Waals surface area contributed by atoms with Gasteiger partial charge < -0.3 is 5.11 Å². The highest BCUT2D eigenvalue weighted by Crippen LogP contribution is 2.11. The zero-order valence-corrected chi connectivity index (χ0v) is 9.37. The molecule has 0 aliphatic heterocycles. The second kappa shape index (κ2) is 4.61. The molecule has 6 heteroatoms. The fraction of sp³-hybridized carbons (Fsp3) is 0.300. The Kier molecular flexibility index (Phi) is 3.64. The van der Waals surface area contributed by atoms with Gasteiger partial charge in [-0.25, -0.2) is 12.8 Å². The molecule has 1 N–H and O–H groups in total. The van der Waals surface area contributed by atoms with Crippen molar-refractivity contribution in [3.63, 3.8) is 0 Å². The fourth-order valence-corrected chi connectivity index (χ4v) is 2.16. The average Bonchev–Trinajstić information content (AvgIpc) is 2.12. The zero-order chi connectivity index (χ0) is 12.3. The van der Waals surface area contributed by atoms with Crippen LogP contribution in [0.1, 0.15) is 5.56 Å². The van der Waals surface area contributed by atoms with E-state index in [4.69, 9.17) is 5.11 Å². The van der Waals surface area contributed by atoms with Crippen LogP contribution in [0.25, 0.3) is 0 Å². The van der Waals surface area contributed by atoms with Crippen molar-refractivity contribution in [3.8, 4) is 0 Å². The van der Waals surface area contributed by atoms with E-state index in [0.717, 1.165) is 12.3 Å². The second-order valence-corrected chi connectivity index (χ2v) is 5.72. The molecule has 0 aliphatic rings. The van der Waals surface area contributed by atoms with Gasteiger partial charge in [-0.1, -0.05) is 12.1 Å². The Morgan fingerprint density at radius 2 is 2.12 bits per heavy atom. The molecule has 0 amide bonds. The molecule has 1 aromatic rings. The van der Waals surface area contributed by atoms with Gasteiger partial charge in [0, 0.05) is 6.26 Å². The lowest BCUT2D eigenvalue weighted by Gasteiger charge is -2.10. The lowest BCUT2D eigenvalue weighted by molar-refractivity contribution is -0.136. The van der Waals surface area contributed by atoms with E-state index in [1.165, 1.54) is 18.2 Å². The van der Waals surface area contributed by atoms with Gasteiger partial charge in [0.05, 0.1) is 0 Å². The number of carbonyl (C=O) groups is 1. The monoisotopic (exact) mass is 246 g/mol. The van der Waals surface area contributed by atoms with Crippen LogP contribution in [-0.2, 0) is 21.1 Å². The maximum absolute atomic E-state index is 12.8. The summed E-state index contributed by atoms with van der Waals surface area (Å²) in [4.78, 5) is 10.8. The van der Waals surface area contributed by atoms with E-state index in [9.17, 15) is 17.6 Å². The molecule has 1 unspecified atom stereocenters. The predicted octanol–water partition coefficient (Wildman–Crippen LogP) is 0.866. The molecule has 0 aliphatic carbocycles. The fourth-order valence-electron chi connectivity index (χ4n) is 1.30. The molecule has 1 aromatic carbocycles. The predicted molar refractivity (Wildman–Crippen MR) is 56.4 cm³/mol. The minimum absolute atomic E-state index is 0.230. The molecule has 0 bridgehead atoms. The normalized spacial score (nSPS) is 13.4. The highest BCUT2D eigenvalue weighted by molar-refractivity contribution is 7.92. The number of sulfone groups is 1. The first-order valence-electron chi connectivity index (χ1n) is 4.47. The topological polar surface area (TPSA) is 71.4 Å². The number of hydrogen-bond donors (Lipinski definition) is 1. The van der Waals surface area contributed by atoms with Crippen molar-refractivity contribution in [2.45, 2.75) is 11.7 Å². The number of aliphatic carboxylic acids is 1. The van der Waals surface area contributed by atoms with Gasteiger partial charge in [0.25, 0.3) is 0 Å². The summed E-state index contributed by atoms with van der Waals surface area (Å²) < 4.78 is 35.2. The molecule has 1 atom stereocenters. The highest BCUT2D eigenvalue weighted by atomic mass is 32.2. The first kappa shape index (κ1) is 12.6. The molecular weight excluding hydrogens is 235 g/mol. The average molecular weight is 246 g/mol. The number of hydrogen-bond acceptors (Lipinski definition) is 3. The molecular formula is C10H11FO4S. The Labute approximate surface area is 92.6 Å². The van der Waals surface area contributed by atoms with Gasteiger partial charge in [-0.3, -0.25) is 4.79 Å². The van der Waals surface area contributed by atoms with Crippen LogP contribution < -0.4 is 0 Å². The van der Waals surface area contributed by atoms with Gasteiger partial charge in [-0.15, -0.1) is 0 Å². The van der Waals surface area contributed by atoms with Crippen LogP contribution in [0.5, 0.6) is 0 Å². The van der Waals surface area contributed by atoms with E-state index in [0.29, 0.717) is 5.56 Å². The van der Waals surface area contributed by atoms with Crippen molar-refractivity contribution in [1.29, 1.82) is 0 Å². The highest BCUT2D eigenvalue weighted by Gasteiger charge is 2.28. The van der Waals surface area contributed by atoms with Crippen LogP contribution in [0.3, 0.4) is 0 Å². The lowest BCUT2D eigenvalue weighted by atomic mass is 10.1. The van der Waals surface area contributed by atoms with Gasteiger partial charge in [-0.2, -0.15) is 0 Å². The van der Waals surface area contributed by atoms with E-state index in [2.05, 4.69) is 0 Å². The van der Waals surface area contributed by atoms with Crippen molar-refractivity contribution >= 4 is 15.8 Å². The van der Waals surface area contributed by atoms with Crippen molar-refractivity contribution in [2.24, 2.45) is 0 Å². The lowest BCUT2D eigenvalue weighted by Crippen LogP contribution is -2.31. The number of carboxylic acids is 1. The molecule has 0 radical (unpaired) electrons. The molecule has 0 fully saturated rings. The molecule has 16 heavy (non-hydrogen) atoms. The number of halogens is 1. The number of benzene rings is 1. The Bertz CT molecular complexity index is 495. The Balaban J connectivity index is 2.98. The summed E-state index contributed by atoms with van der Waals surface area (Å²) in [7, 11) is -3.70. The summed E-state index contributed by atoms with van der Waals surface area (Å²) in [5, 5.41) is 7.23. The first-order valence-corrected chi connectivity index (χ1v) is 6.42. The van der Waals surface area contributed by atoms with Crippen molar-refractivity contribution in [3.05, 3.63) is 35.6 Å². The third-order valence-electron chi connectivity index (χ3n) is 2.10. The molecule has 0 heterocycles. The van der Waals surface area contributed by atoms with E-state index in [1.54, 1.807) is 0 Å². The molecule has 4 nitrogen and oxygen atoms in total. The van der Waals surface area contributed by atoms with Crippen LogP contribution in [0.2, 0.25) is 0 Å². The Hall–Kier alpha value is -1.43. The van der Waals surface area contributed by atoms with Crippen molar-refractivity contribution in [2.75, 3.05) is 6.26 Å². The maximum atomic E-state index is 12.8. The molecule has 0 aromatic heterocycles. The van der Waals surface area contributed by atoms with E-state index < -0.39 is 26.9 Å². The summed E-state index contributed by atoms with van der Waals surface area (Å²) >= 11 is 0. The van der Waals surface area contributed by atoms with E-state index in [-0.39, 0.29) is 6.42 Å². The third kappa shape index (κ3) is 3.30. The summed E-state index contributed by atoms with van der Waals surface area (Å²) in [6.07, 6.45) is 0.622. The summed E-state index contributed by atoms with van der Waals surface area (Å²) in [6, 6.07) is 5.23. The number of carboxylic acid groups (broad SMARTS) is 1. The van der Waals surface area contributed by atoms with Gasteiger partial charge in [0.15, 0.2) is 15.1 Å². The summed E-state index contributed by atoms with van der Waals surface area (Å²) in [5.74, 6) is -1.94. The Morgan fingerprint density at radius 3 is 2.56 bits per heavy atom. The van der Waals surface area contributed by atoms with Crippen LogP contribution >= 0.6 is 0 Å². The van der Waals surface area contributed by atoms with Crippen LogP contribution in [0.4, 0.5) is 4.39 Å². The largest absolute Gasteiger partial charge is 0.480 e. The van der Waals surface area contributed by atoms with Gasteiger partial charge in [0.2, 0.25) is 0 Å².